The number of anilines is 1. The molecule has 19 heavy (non-hydrogen) atoms. The van der Waals surface area contributed by atoms with Gasteiger partial charge in [-0.25, -0.2) is 0 Å². The fraction of sp³-hybridized carbons (Fsp3) is 0.308. The lowest BCUT2D eigenvalue weighted by Crippen LogP contribution is -2.34. The van der Waals surface area contributed by atoms with Gasteiger partial charge in [0.15, 0.2) is 0 Å². The Morgan fingerprint density at radius 3 is 2.95 bits per heavy atom. The van der Waals surface area contributed by atoms with Crippen molar-refractivity contribution < 1.29 is 4.79 Å². The van der Waals surface area contributed by atoms with Crippen LogP contribution in [0.5, 0.6) is 0 Å². The van der Waals surface area contributed by atoms with Gasteiger partial charge in [-0.1, -0.05) is 17.7 Å². The molecule has 2 aromatic rings. The Morgan fingerprint density at radius 1 is 1.58 bits per heavy atom. The number of carbonyl (C=O) groups is 1. The zero-order chi connectivity index (χ0) is 14.0. The van der Waals surface area contributed by atoms with E-state index in [0.29, 0.717) is 15.6 Å². The van der Waals surface area contributed by atoms with Crippen LogP contribution < -0.4 is 11.1 Å². The van der Waals surface area contributed by atoms with Crippen molar-refractivity contribution in [1.29, 1.82) is 0 Å². The number of hydrogen-bond donors (Lipinski definition) is 2. The number of carbonyl (C=O) groups excluding carboxylic acids is 1. The normalized spacial score (nSPS) is 12.6. The summed E-state index contributed by atoms with van der Waals surface area (Å²) >= 11 is 9.20. The van der Waals surface area contributed by atoms with Crippen molar-refractivity contribution in [2.45, 2.75) is 13.0 Å². The third-order valence-electron chi connectivity index (χ3n) is 2.70. The van der Waals surface area contributed by atoms with Crippen LogP contribution >= 0.6 is 34.7 Å². The summed E-state index contributed by atoms with van der Waals surface area (Å²) in [4.78, 5) is 12.7. The van der Waals surface area contributed by atoms with Gasteiger partial charge in [0.1, 0.15) is 4.88 Å². The topological polar surface area (TPSA) is 55.1 Å². The molecule has 6 heteroatoms. The minimum Gasteiger partial charge on any atom is -0.397 e. The second-order valence-electron chi connectivity index (χ2n) is 4.29. The minimum atomic E-state index is -0.128. The van der Waals surface area contributed by atoms with Crippen LogP contribution in [0.4, 0.5) is 5.69 Å². The van der Waals surface area contributed by atoms with Gasteiger partial charge in [-0.2, -0.15) is 11.8 Å². The number of thiophene rings is 1. The highest BCUT2D eigenvalue weighted by Crippen LogP contribution is 2.37. The zero-order valence-corrected chi connectivity index (χ0v) is 13.1. The first kappa shape index (κ1) is 14.5. The number of nitrogens with one attached hydrogen (secondary N) is 1. The Hall–Kier alpha value is -0.910. The zero-order valence-electron chi connectivity index (χ0n) is 10.7. The number of benzene rings is 1. The molecule has 1 aromatic carbocycles. The van der Waals surface area contributed by atoms with E-state index < -0.39 is 0 Å². The fourth-order valence-corrected chi connectivity index (χ4v) is 3.85. The van der Waals surface area contributed by atoms with E-state index in [2.05, 4.69) is 5.32 Å². The highest BCUT2D eigenvalue weighted by Gasteiger charge is 2.19. The highest BCUT2D eigenvalue weighted by molar-refractivity contribution is 7.98. The second kappa shape index (κ2) is 6.03. The average Bonchev–Trinajstić information content (AvgIpc) is 2.68. The molecule has 102 valence electrons. The molecule has 1 amide bonds. The summed E-state index contributed by atoms with van der Waals surface area (Å²) < 4.78 is 0.938. The van der Waals surface area contributed by atoms with Crippen molar-refractivity contribution in [2.75, 3.05) is 17.7 Å². The van der Waals surface area contributed by atoms with Crippen LogP contribution in [0.25, 0.3) is 10.1 Å². The fourth-order valence-electron chi connectivity index (χ4n) is 1.88. The average molecular weight is 315 g/mol. The predicted octanol–water partition coefficient (Wildman–Crippen LogP) is 3.62. The third kappa shape index (κ3) is 2.99. The van der Waals surface area contributed by atoms with Crippen molar-refractivity contribution >= 4 is 56.4 Å². The Balaban J connectivity index is 2.33. The Labute approximate surface area is 125 Å². The first-order valence-corrected chi connectivity index (χ1v) is 8.39. The number of nitrogen functional groups attached to an aromatic ring is 1. The third-order valence-corrected chi connectivity index (χ3v) is 5.02. The lowest BCUT2D eigenvalue weighted by atomic mass is 10.2. The summed E-state index contributed by atoms with van der Waals surface area (Å²) in [6.45, 7) is 1.98. The van der Waals surface area contributed by atoms with Crippen molar-refractivity contribution in [3.05, 3.63) is 28.1 Å². The molecule has 0 fully saturated rings. The monoisotopic (exact) mass is 314 g/mol. The van der Waals surface area contributed by atoms with Crippen LogP contribution in [0.3, 0.4) is 0 Å². The summed E-state index contributed by atoms with van der Waals surface area (Å²) in [5.41, 5.74) is 6.52. The quantitative estimate of drug-likeness (QED) is 0.906. The lowest BCUT2D eigenvalue weighted by Gasteiger charge is -2.11. The van der Waals surface area contributed by atoms with Crippen molar-refractivity contribution in [2.24, 2.45) is 0 Å². The Bertz CT molecular complexity index is 612. The SMILES string of the molecule is CSCC(C)NC(=O)c1sc2cccc(Cl)c2c1N. The molecule has 3 N–H and O–H groups in total. The standard InChI is InChI=1S/C13H15ClN2OS2/c1-7(6-18-2)16-13(17)12-11(15)10-8(14)4-3-5-9(10)19-12/h3-5,7H,6,15H2,1-2H3,(H,16,17). The summed E-state index contributed by atoms with van der Waals surface area (Å²) in [7, 11) is 0. The highest BCUT2D eigenvalue weighted by atomic mass is 35.5. The van der Waals surface area contributed by atoms with Crippen LogP contribution in [0.1, 0.15) is 16.6 Å². The molecule has 0 radical (unpaired) electrons. The summed E-state index contributed by atoms with van der Waals surface area (Å²) in [6, 6.07) is 5.68. The van der Waals surface area contributed by atoms with Gasteiger partial charge in [0.05, 0.1) is 10.7 Å². The first-order valence-electron chi connectivity index (χ1n) is 5.81. The molecular weight excluding hydrogens is 300 g/mol. The van der Waals surface area contributed by atoms with E-state index in [9.17, 15) is 4.79 Å². The van der Waals surface area contributed by atoms with Crippen molar-refractivity contribution in [3.8, 4) is 0 Å². The largest absolute Gasteiger partial charge is 0.397 e. The van der Waals surface area contributed by atoms with Crippen LogP contribution in [-0.4, -0.2) is 24.0 Å². The molecule has 1 atom stereocenters. The van der Waals surface area contributed by atoms with Gasteiger partial charge < -0.3 is 11.1 Å². The molecule has 0 saturated heterocycles. The van der Waals surface area contributed by atoms with Crippen molar-refractivity contribution in [1.82, 2.24) is 5.32 Å². The maximum Gasteiger partial charge on any atom is 0.263 e. The van der Waals surface area contributed by atoms with E-state index in [1.165, 1.54) is 11.3 Å². The maximum absolute atomic E-state index is 12.2. The molecule has 0 spiro atoms. The van der Waals surface area contributed by atoms with E-state index in [4.69, 9.17) is 17.3 Å². The molecule has 0 aliphatic carbocycles. The van der Waals surface area contributed by atoms with E-state index >= 15 is 0 Å². The van der Waals surface area contributed by atoms with Gasteiger partial charge in [-0.3, -0.25) is 4.79 Å². The molecule has 1 unspecified atom stereocenters. The summed E-state index contributed by atoms with van der Waals surface area (Å²) in [6.07, 6.45) is 2.01. The Morgan fingerprint density at radius 2 is 2.32 bits per heavy atom. The molecule has 3 nitrogen and oxygen atoms in total. The number of hydrogen-bond acceptors (Lipinski definition) is 4. The van der Waals surface area contributed by atoms with Crippen molar-refractivity contribution in [3.63, 3.8) is 0 Å². The summed E-state index contributed by atoms with van der Waals surface area (Å²) in [5.74, 6) is 0.744. The van der Waals surface area contributed by atoms with E-state index in [-0.39, 0.29) is 11.9 Å². The molecule has 2 rings (SSSR count). The number of amides is 1. The first-order chi connectivity index (χ1) is 9.04. The molecule has 1 heterocycles. The maximum atomic E-state index is 12.2. The van der Waals surface area contributed by atoms with Gasteiger partial charge in [0, 0.05) is 21.9 Å². The predicted molar refractivity (Wildman–Crippen MR) is 86.6 cm³/mol. The van der Waals surface area contributed by atoms with Crippen LogP contribution in [0.15, 0.2) is 18.2 Å². The summed E-state index contributed by atoms with van der Waals surface area (Å²) in [5, 5.41) is 4.31. The van der Waals surface area contributed by atoms with Gasteiger partial charge in [-0.15, -0.1) is 11.3 Å². The van der Waals surface area contributed by atoms with Gasteiger partial charge in [0.2, 0.25) is 0 Å². The van der Waals surface area contributed by atoms with Gasteiger partial charge in [-0.05, 0) is 25.3 Å². The number of nitrogens with two attached hydrogens (primary N) is 1. The van der Waals surface area contributed by atoms with E-state index in [1.807, 2.05) is 25.3 Å². The molecular formula is C13H15ClN2OS2. The molecule has 0 aliphatic heterocycles. The Kier molecular flexibility index (Phi) is 4.60. The molecule has 0 bridgehead atoms. The van der Waals surface area contributed by atoms with E-state index in [0.717, 1.165) is 15.8 Å². The molecule has 1 aromatic heterocycles. The second-order valence-corrected chi connectivity index (χ2v) is 6.66. The van der Waals surface area contributed by atoms with Gasteiger partial charge >= 0.3 is 0 Å². The molecule has 0 saturated carbocycles. The number of halogens is 1. The number of fused-ring (bicyclic) bond motifs is 1. The van der Waals surface area contributed by atoms with Crippen LogP contribution in [0, 0.1) is 0 Å². The molecule has 0 aliphatic rings. The number of rotatable bonds is 4. The minimum absolute atomic E-state index is 0.114. The smallest absolute Gasteiger partial charge is 0.263 e. The van der Waals surface area contributed by atoms with Crippen LogP contribution in [-0.2, 0) is 0 Å². The van der Waals surface area contributed by atoms with Gasteiger partial charge in [0.25, 0.3) is 5.91 Å². The van der Waals surface area contributed by atoms with E-state index in [1.54, 1.807) is 17.8 Å². The lowest BCUT2D eigenvalue weighted by molar-refractivity contribution is 0.0948. The van der Waals surface area contributed by atoms with Crippen LogP contribution in [0.2, 0.25) is 5.02 Å². The number of thioether (sulfide) groups is 1.